The summed E-state index contributed by atoms with van der Waals surface area (Å²) in [6, 6.07) is 15.5. The Balaban J connectivity index is 1.87. The zero-order chi connectivity index (χ0) is 19.6. The smallest absolute Gasteiger partial charge is 0.339 e. The summed E-state index contributed by atoms with van der Waals surface area (Å²) in [5.74, 6) is 0.0587. The van der Waals surface area contributed by atoms with Gasteiger partial charge >= 0.3 is 5.97 Å². The molecule has 0 spiro atoms. The first-order valence-electron chi connectivity index (χ1n) is 9.08. The Hall–Kier alpha value is -2.11. The zero-order valence-corrected chi connectivity index (χ0v) is 17.2. The molecule has 0 aliphatic heterocycles. The van der Waals surface area contributed by atoms with Crippen LogP contribution in [0.2, 0.25) is 5.02 Å². The summed E-state index contributed by atoms with van der Waals surface area (Å²) >= 11 is 11.6. The van der Waals surface area contributed by atoms with Gasteiger partial charge in [-0.25, -0.2) is 4.79 Å². The Labute approximate surface area is 171 Å². The van der Waals surface area contributed by atoms with Gasteiger partial charge in [0.2, 0.25) is 0 Å². The molecule has 2 aromatic carbocycles. The molecule has 0 amide bonds. The van der Waals surface area contributed by atoms with E-state index in [1.54, 1.807) is 25.1 Å². The number of esters is 1. The molecule has 2 rings (SSSR count). The number of carbonyl (C=O) groups is 1. The van der Waals surface area contributed by atoms with Crippen LogP contribution in [0.1, 0.15) is 36.2 Å². The third-order valence-electron chi connectivity index (χ3n) is 4.22. The second-order valence-corrected chi connectivity index (χ2v) is 7.03. The van der Waals surface area contributed by atoms with E-state index in [4.69, 9.17) is 28.6 Å². The molecule has 0 bridgehead atoms. The van der Waals surface area contributed by atoms with E-state index < -0.39 is 5.97 Å². The molecule has 0 heterocycles. The van der Waals surface area contributed by atoms with Crippen molar-refractivity contribution in [3.05, 3.63) is 64.7 Å². The Morgan fingerprint density at radius 3 is 2.56 bits per heavy atom. The highest BCUT2D eigenvalue weighted by Gasteiger charge is 2.13. The summed E-state index contributed by atoms with van der Waals surface area (Å²) in [7, 11) is 0. The first kappa shape index (κ1) is 21.2. The molecular weight excluding hydrogens is 380 g/mol. The van der Waals surface area contributed by atoms with Gasteiger partial charge in [-0.05, 0) is 55.2 Å². The van der Waals surface area contributed by atoms with Gasteiger partial charge in [0.1, 0.15) is 0 Å². The molecule has 0 aliphatic carbocycles. The quantitative estimate of drug-likeness (QED) is 0.475. The standard InChI is InChI=1S/C21H25ClN2O2S/c1-3-15(12-16-8-6-5-7-9-16)14-23-21(27)24-17-10-11-18(19(22)13-17)20(25)26-4-2/h5-11,13,15H,3-4,12,14H2,1-2H3,(H2,23,24,27)/t15-/m1/s1. The van der Waals surface area contributed by atoms with Gasteiger partial charge in [-0.2, -0.15) is 0 Å². The average molecular weight is 405 g/mol. The molecule has 4 nitrogen and oxygen atoms in total. The van der Waals surface area contributed by atoms with Crippen LogP contribution in [0.3, 0.4) is 0 Å². The van der Waals surface area contributed by atoms with Crippen LogP contribution in [0.4, 0.5) is 5.69 Å². The Bertz CT molecular complexity index is 768. The number of hydrogen-bond acceptors (Lipinski definition) is 3. The fourth-order valence-electron chi connectivity index (χ4n) is 2.69. The topological polar surface area (TPSA) is 50.4 Å². The van der Waals surface area contributed by atoms with E-state index in [1.807, 2.05) is 6.07 Å². The molecule has 6 heteroatoms. The fraction of sp³-hybridized carbons (Fsp3) is 0.333. The van der Waals surface area contributed by atoms with Crippen molar-refractivity contribution in [1.29, 1.82) is 0 Å². The van der Waals surface area contributed by atoms with E-state index >= 15 is 0 Å². The van der Waals surface area contributed by atoms with Crippen LogP contribution in [-0.4, -0.2) is 24.2 Å². The van der Waals surface area contributed by atoms with Crippen LogP contribution in [-0.2, 0) is 11.2 Å². The molecular formula is C21H25ClN2O2S. The molecule has 144 valence electrons. The van der Waals surface area contributed by atoms with Crippen molar-refractivity contribution in [1.82, 2.24) is 5.32 Å². The van der Waals surface area contributed by atoms with E-state index in [0.29, 0.717) is 28.2 Å². The number of ether oxygens (including phenoxy) is 1. The lowest BCUT2D eigenvalue weighted by Crippen LogP contribution is -2.33. The van der Waals surface area contributed by atoms with Gasteiger partial charge in [-0.15, -0.1) is 0 Å². The molecule has 2 aromatic rings. The maximum atomic E-state index is 11.8. The third kappa shape index (κ3) is 6.85. The molecule has 0 unspecified atom stereocenters. The maximum Gasteiger partial charge on any atom is 0.339 e. The SMILES string of the molecule is CCOC(=O)c1ccc(NC(=S)NC[C@H](CC)Cc2ccccc2)cc1Cl. The monoisotopic (exact) mass is 404 g/mol. The number of nitrogens with one attached hydrogen (secondary N) is 2. The summed E-state index contributed by atoms with van der Waals surface area (Å²) in [5, 5.41) is 7.23. The normalized spacial score (nSPS) is 11.5. The lowest BCUT2D eigenvalue weighted by Gasteiger charge is -2.18. The van der Waals surface area contributed by atoms with Gasteiger partial charge in [-0.1, -0.05) is 55.3 Å². The lowest BCUT2D eigenvalue weighted by atomic mass is 9.97. The maximum absolute atomic E-state index is 11.8. The van der Waals surface area contributed by atoms with Crippen molar-refractivity contribution in [3.63, 3.8) is 0 Å². The molecule has 0 radical (unpaired) electrons. The highest BCUT2D eigenvalue weighted by molar-refractivity contribution is 7.80. The van der Waals surface area contributed by atoms with Crippen LogP contribution in [0.25, 0.3) is 0 Å². The Kier molecular flexibility index (Phi) is 8.55. The predicted octanol–water partition coefficient (Wildman–Crippen LogP) is 5.07. The van der Waals surface area contributed by atoms with Crippen LogP contribution in [0.15, 0.2) is 48.5 Å². The highest BCUT2D eigenvalue weighted by atomic mass is 35.5. The van der Waals surface area contributed by atoms with Crippen molar-refractivity contribution >= 4 is 40.6 Å². The summed E-state index contributed by atoms with van der Waals surface area (Å²) in [4.78, 5) is 11.8. The summed E-state index contributed by atoms with van der Waals surface area (Å²) in [5.41, 5.74) is 2.39. The molecule has 2 N–H and O–H groups in total. The third-order valence-corrected chi connectivity index (χ3v) is 4.78. The number of anilines is 1. The average Bonchev–Trinajstić information content (AvgIpc) is 2.66. The van der Waals surface area contributed by atoms with Crippen LogP contribution in [0.5, 0.6) is 0 Å². The van der Waals surface area contributed by atoms with Crippen molar-refractivity contribution in [2.75, 3.05) is 18.5 Å². The largest absolute Gasteiger partial charge is 0.462 e. The number of benzene rings is 2. The van der Waals surface area contributed by atoms with Gasteiger partial charge in [0.25, 0.3) is 0 Å². The molecule has 27 heavy (non-hydrogen) atoms. The summed E-state index contributed by atoms with van der Waals surface area (Å²) in [6.45, 7) is 5.03. The molecule has 0 saturated heterocycles. The minimum absolute atomic E-state index is 0.310. The Morgan fingerprint density at radius 2 is 1.93 bits per heavy atom. The second kappa shape index (κ2) is 10.9. The predicted molar refractivity (Wildman–Crippen MR) is 116 cm³/mol. The molecule has 0 aromatic heterocycles. The minimum atomic E-state index is -0.429. The number of halogens is 1. The van der Waals surface area contributed by atoms with E-state index in [1.165, 1.54) is 5.56 Å². The number of thiocarbonyl (C=S) groups is 1. The molecule has 0 aliphatic rings. The first-order chi connectivity index (χ1) is 13.0. The highest BCUT2D eigenvalue weighted by Crippen LogP contribution is 2.22. The second-order valence-electron chi connectivity index (χ2n) is 6.21. The summed E-state index contributed by atoms with van der Waals surface area (Å²) in [6.07, 6.45) is 2.07. The fourth-order valence-corrected chi connectivity index (χ4v) is 3.15. The number of rotatable bonds is 8. The van der Waals surface area contributed by atoms with E-state index in [0.717, 1.165) is 25.1 Å². The van der Waals surface area contributed by atoms with Crippen molar-refractivity contribution in [3.8, 4) is 0 Å². The van der Waals surface area contributed by atoms with Gasteiger partial charge in [0, 0.05) is 12.2 Å². The van der Waals surface area contributed by atoms with E-state index in [-0.39, 0.29) is 0 Å². The van der Waals surface area contributed by atoms with Gasteiger partial charge in [0.15, 0.2) is 5.11 Å². The number of hydrogen-bond donors (Lipinski definition) is 2. The van der Waals surface area contributed by atoms with Crippen molar-refractivity contribution in [2.24, 2.45) is 5.92 Å². The minimum Gasteiger partial charge on any atom is -0.462 e. The van der Waals surface area contributed by atoms with E-state index in [2.05, 4.69) is 41.8 Å². The summed E-state index contributed by atoms with van der Waals surface area (Å²) < 4.78 is 4.97. The zero-order valence-electron chi connectivity index (χ0n) is 15.6. The number of carbonyl (C=O) groups excluding carboxylic acids is 1. The van der Waals surface area contributed by atoms with Crippen LogP contribution < -0.4 is 10.6 Å². The van der Waals surface area contributed by atoms with Crippen LogP contribution >= 0.6 is 23.8 Å². The van der Waals surface area contributed by atoms with E-state index in [9.17, 15) is 4.79 Å². The van der Waals surface area contributed by atoms with Gasteiger partial charge in [-0.3, -0.25) is 0 Å². The van der Waals surface area contributed by atoms with Gasteiger partial charge in [0.05, 0.1) is 17.2 Å². The molecule has 1 atom stereocenters. The first-order valence-corrected chi connectivity index (χ1v) is 9.87. The van der Waals surface area contributed by atoms with Crippen molar-refractivity contribution in [2.45, 2.75) is 26.7 Å². The molecule has 0 saturated carbocycles. The lowest BCUT2D eigenvalue weighted by molar-refractivity contribution is 0.0526. The molecule has 0 fully saturated rings. The van der Waals surface area contributed by atoms with Crippen LogP contribution in [0, 0.1) is 5.92 Å². The van der Waals surface area contributed by atoms with Crippen molar-refractivity contribution < 1.29 is 9.53 Å². The Morgan fingerprint density at radius 1 is 1.19 bits per heavy atom. The van der Waals surface area contributed by atoms with Gasteiger partial charge < -0.3 is 15.4 Å².